The number of rotatable bonds is 4. The third kappa shape index (κ3) is 3.34. The van der Waals surface area contributed by atoms with Gasteiger partial charge in [-0.25, -0.2) is 0 Å². The first kappa shape index (κ1) is 19.1. The van der Waals surface area contributed by atoms with Gasteiger partial charge in [0.05, 0.1) is 24.2 Å². The smallest absolute Gasteiger partial charge is 0.308 e. The first-order chi connectivity index (χ1) is 12.9. The van der Waals surface area contributed by atoms with Crippen molar-refractivity contribution in [3.05, 3.63) is 35.4 Å². The molecule has 1 aromatic rings. The van der Waals surface area contributed by atoms with Gasteiger partial charge in [0.25, 0.3) is 11.8 Å². The van der Waals surface area contributed by atoms with E-state index in [0.29, 0.717) is 37.1 Å². The molecule has 0 unspecified atom stereocenters. The van der Waals surface area contributed by atoms with Gasteiger partial charge in [0, 0.05) is 13.1 Å². The molecule has 0 N–H and O–H groups in total. The first-order valence-electron chi connectivity index (χ1n) is 9.20. The highest BCUT2D eigenvalue weighted by Crippen LogP contribution is 2.29. The van der Waals surface area contributed by atoms with Crippen molar-refractivity contribution >= 4 is 23.7 Å². The van der Waals surface area contributed by atoms with E-state index in [-0.39, 0.29) is 23.7 Å². The van der Waals surface area contributed by atoms with E-state index >= 15 is 0 Å². The first-order valence-corrected chi connectivity index (χ1v) is 9.20. The number of piperidine rings is 1. The van der Waals surface area contributed by atoms with Crippen LogP contribution < -0.4 is 0 Å². The van der Waals surface area contributed by atoms with Crippen LogP contribution >= 0.6 is 0 Å². The summed E-state index contributed by atoms with van der Waals surface area (Å²) >= 11 is 0. The molecule has 2 heterocycles. The van der Waals surface area contributed by atoms with Crippen molar-refractivity contribution in [2.45, 2.75) is 32.7 Å². The summed E-state index contributed by atoms with van der Waals surface area (Å²) in [4.78, 5) is 53.2. The monoisotopic (exact) mass is 372 g/mol. The SMILES string of the molecule is COC(=O)C1CCN(C(=O)[C@@H](C(C)C)N2C(=O)c3ccccc3C2=O)CC1. The number of hydrogen-bond donors (Lipinski definition) is 0. The Morgan fingerprint density at radius 3 is 2.00 bits per heavy atom. The van der Waals surface area contributed by atoms with Gasteiger partial charge in [-0.2, -0.15) is 0 Å². The molecule has 2 aliphatic rings. The maximum Gasteiger partial charge on any atom is 0.308 e. The van der Waals surface area contributed by atoms with Gasteiger partial charge in [0.1, 0.15) is 6.04 Å². The molecule has 3 rings (SSSR count). The fourth-order valence-electron chi connectivity index (χ4n) is 3.84. The lowest BCUT2D eigenvalue weighted by Gasteiger charge is -2.36. The van der Waals surface area contributed by atoms with Crippen LogP contribution in [0.15, 0.2) is 24.3 Å². The maximum atomic E-state index is 13.2. The van der Waals surface area contributed by atoms with Crippen molar-refractivity contribution in [2.75, 3.05) is 20.2 Å². The summed E-state index contributed by atoms with van der Waals surface area (Å²) in [5, 5.41) is 0. The topological polar surface area (TPSA) is 84.0 Å². The van der Waals surface area contributed by atoms with E-state index in [1.54, 1.807) is 29.2 Å². The summed E-state index contributed by atoms with van der Waals surface area (Å²) in [6.45, 7) is 4.47. The van der Waals surface area contributed by atoms with E-state index in [9.17, 15) is 19.2 Å². The lowest BCUT2D eigenvalue weighted by atomic mass is 9.94. The zero-order valence-electron chi connectivity index (χ0n) is 15.8. The molecule has 0 spiro atoms. The highest BCUT2D eigenvalue weighted by atomic mass is 16.5. The third-order valence-electron chi connectivity index (χ3n) is 5.33. The van der Waals surface area contributed by atoms with Crippen LogP contribution in [0.2, 0.25) is 0 Å². The van der Waals surface area contributed by atoms with Crippen LogP contribution in [0.3, 0.4) is 0 Å². The zero-order valence-corrected chi connectivity index (χ0v) is 15.8. The summed E-state index contributed by atoms with van der Waals surface area (Å²) in [6.07, 6.45) is 1.04. The molecule has 0 radical (unpaired) electrons. The second-order valence-corrected chi connectivity index (χ2v) is 7.34. The number of carbonyl (C=O) groups is 4. The van der Waals surface area contributed by atoms with E-state index in [0.717, 1.165) is 4.90 Å². The molecular weight excluding hydrogens is 348 g/mol. The van der Waals surface area contributed by atoms with Crippen molar-refractivity contribution in [1.29, 1.82) is 0 Å². The van der Waals surface area contributed by atoms with Gasteiger partial charge < -0.3 is 9.64 Å². The third-order valence-corrected chi connectivity index (χ3v) is 5.33. The van der Waals surface area contributed by atoms with Crippen molar-refractivity contribution in [1.82, 2.24) is 9.80 Å². The summed E-state index contributed by atoms with van der Waals surface area (Å²) < 4.78 is 4.78. The number of esters is 1. The van der Waals surface area contributed by atoms with Crippen molar-refractivity contribution < 1.29 is 23.9 Å². The number of nitrogens with zero attached hydrogens (tertiary/aromatic N) is 2. The molecule has 7 nitrogen and oxygen atoms in total. The van der Waals surface area contributed by atoms with E-state index < -0.39 is 17.9 Å². The van der Waals surface area contributed by atoms with Crippen molar-refractivity contribution in [3.8, 4) is 0 Å². The predicted octanol–water partition coefficient (Wildman–Crippen LogP) is 1.72. The van der Waals surface area contributed by atoms with Gasteiger partial charge in [-0.05, 0) is 30.9 Å². The average Bonchev–Trinajstić information content (AvgIpc) is 2.93. The van der Waals surface area contributed by atoms with Crippen LogP contribution in [0.4, 0.5) is 0 Å². The summed E-state index contributed by atoms with van der Waals surface area (Å²) in [5.74, 6) is -1.79. The Bertz CT molecular complexity index is 745. The largest absolute Gasteiger partial charge is 0.469 e. The fraction of sp³-hybridized carbons (Fsp3) is 0.500. The van der Waals surface area contributed by atoms with E-state index in [2.05, 4.69) is 0 Å². The minimum Gasteiger partial charge on any atom is -0.469 e. The lowest BCUT2D eigenvalue weighted by molar-refractivity contribution is -0.149. The summed E-state index contributed by atoms with van der Waals surface area (Å²) in [5.41, 5.74) is 0.677. The molecule has 0 aromatic heterocycles. The maximum absolute atomic E-state index is 13.2. The molecule has 27 heavy (non-hydrogen) atoms. The van der Waals surface area contributed by atoms with Gasteiger partial charge >= 0.3 is 5.97 Å². The molecule has 0 aliphatic carbocycles. The fourth-order valence-corrected chi connectivity index (χ4v) is 3.84. The Morgan fingerprint density at radius 2 is 1.56 bits per heavy atom. The minimum atomic E-state index is -0.855. The van der Waals surface area contributed by atoms with Gasteiger partial charge in [0.2, 0.25) is 5.91 Å². The zero-order chi connectivity index (χ0) is 19.7. The summed E-state index contributed by atoms with van der Waals surface area (Å²) in [6, 6.07) is 5.78. The van der Waals surface area contributed by atoms with Crippen LogP contribution in [-0.4, -0.2) is 59.7 Å². The Labute approximate surface area is 158 Å². The van der Waals surface area contributed by atoms with Gasteiger partial charge in [-0.15, -0.1) is 0 Å². The molecule has 1 saturated heterocycles. The predicted molar refractivity (Wildman–Crippen MR) is 96.9 cm³/mol. The number of likely N-dealkylation sites (tertiary alicyclic amines) is 1. The van der Waals surface area contributed by atoms with Gasteiger partial charge in [-0.1, -0.05) is 26.0 Å². The number of fused-ring (bicyclic) bond motifs is 1. The second kappa shape index (κ2) is 7.50. The second-order valence-electron chi connectivity index (χ2n) is 7.34. The number of ether oxygens (including phenoxy) is 1. The van der Waals surface area contributed by atoms with Crippen LogP contribution in [0.1, 0.15) is 47.4 Å². The Balaban J connectivity index is 1.79. The Hall–Kier alpha value is -2.70. The molecule has 0 bridgehead atoms. The number of benzene rings is 1. The Kier molecular flexibility index (Phi) is 5.30. The minimum absolute atomic E-state index is 0.212. The molecule has 0 saturated carbocycles. The molecule has 1 aromatic carbocycles. The molecule has 2 aliphatic heterocycles. The number of methoxy groups -OCH3 is 1. The normalized spacial score (nSPS) is 18.7. The highest BCUT2D eigenvalue weighted by molar-refractivity contribution is 6.22. The molecule has 1 atom stereocenters. The lowest BCUT2D eigenvalue weighted by Crippen LogP contribution is -2.55. The molecule has 1 fully saturated rings. The Morgan fingerprint density at radius 1 is 1.04 bits per heavy atom. The van der Waals surface area contributed by atoms with Gasteiger partial charge in [0.15, 0.2) is 0 Å². The van der Waals surface area contributed by atoms with Crippen LogP contribution in [-0.2, 0) is 14.3 Å². The molecule has 144 valence electrons. The number of hydrogen-bond acceptors (Lipinski definition) is 5. The molecular formula is C20H24N2O5. The van der Waals surface area contributed by atoms with E-state index in [4.69, 9.17) is 4.74 Å². The van der Waals surface area contributed by atoms with Crippen LogP contribution in [0.25, 0.3) is 0 Å². The standard InChI is InChI=1S/C20H24N2O5/c1-12(2)16(19(25)21-10-8-13(9-11-21)20(26)27-3)22-17(23)14-6-4-5-7-15(14)18(22)24/h4-7,12-13,16H,8-11H2,1-3H3/t16-/m1/s1. The van der Waals surface area contributed by atoms with E-state index in [1.807, 2.05) is 13.8 Å². The van der Waals surface area contributed by atoms with E-state index in [1.165, 1.54) is 7.11 Å². The average molecular weight is 372 g/mol. The number of imide groups is 1. The summed E-state index contributed by atoms with van der Waals surface area (Å²) in [7, 11) is 1.36. The van der Waals surface area contributed by atoms with Crippen LogP contribution in [0.5, 0.6) is 0 Å². The van der Waals surface area contributed by atoms with Crippen molar-refractivity contribution in [3.63, 3.8) is 0 Å². The molecule has 7 heteroatoms. The number of amides is 3. The van der Waals surface area contributed by atoms with Crippen LogP contribution in [0, 0.1) is 11.8 Å². The quantitative estimate of drug-likeness (QED) is 0.594. The van der Waals surface area contributed by atoms with Gasteiger partial charge in [-0.3, -0.25) is 24.1 Å². The van der Waals surface area contributed by atoms with Crippen molar-refractivity contribution in [2.24, 2.45) is 11.8 Å². The number of carbonyl (C=O) groups excluding carboxylic acids is 4. The highest BCUT2D eigenvalue weighted by Gasteiger charge is 2.45. The molecule has 3 amide bonds.